The molecule has 0 saturated carbocycles. The average molecular weight is 438 g/mol. The van der Waals surface area contributed by atoms with Crippen LogP contribution in [-0.2, 0) is 35.6 Å². The molecule has 3 N–H and O–H groups in total. The van der Waals surface area contributed by atoms with Gasteiger partial charge in [0.2, 0.25) is 0 Å². The molecular formula is C23H23N3O4S. The first-order valence-electron chi connectivity index (χ1n) is 9.98. The molecule has 0 fully saturated rings. The quantitative estimate of drug-likeness (QED) is 0.521. The molecule has 1 aliphatic heterocycles. The fraction of sp³-hybridized carbons (Fsp3) is 0.261. The molecule has 2 aromatic carbocycles. The Kier molecular flexibility index (Phi) is 6.41. The Balaban J connectivity index is 1.28. The summed E-state index contributed by atoms with van der Waals surface area (Å²) in [6.07, 6.45) is -2.97. The molecule has 31 heavy (non-hydrogen) atoms. The Morgan fingerprint density at radius 3 is 2.32 bits per heavy atom. The van der Waals surface area contributed by atoms with E-state index >= 15 is 0 Å². The molecule has 2 amide bonds. The van der Waals surface area contributed by atoms with Crippen LogP contribution in [0, 0.1) is 0 Å². The highest BCUT2D eigenvalue weighted by molar-refractivity contribution is 7.09. The standard InChI is InChI=1S/C23H23N3O4S/c27-20(21(28)23(30)26-12-16-8-4-5-9-17(16)13-26)22(29)24-11-19-25-18(14-31-19)10-15-6-2-1-3-7-15/h1-9,14,20-21,27-28H,10-13H2,(H,24,29). The molecule has 1 aliphatic rings. The molecule has 0 radical (unpaired) electrons. The second-order valence-corrected chi connectivity index (χ2v) is 8.41. The van der Waals surface area contributed by atoms with Crippen molar-refractivity contribution in [3.8, 4) is 0 Å². The average Bonchev–Trinajstić information content (AvgIpc) is 3.43. The minimum absolute atomic E-state index is 0.116. The smallest absolute Gasteiger partial charge is 0.255 e. The van der Waals surface area contributed by atoms with Crippen molar-refractivity contribution in [1.29, 1.82) is 0 Å². The van der Waals surface area contributed by atoms with Crippen LogP contribution in [0.15, 0.2) is 60.0 Å². The molecule has 0 aliphatic carbocycles. The number of hydrogen-bond acceptors (Lipinski definition) is 6. The lowest BCUT2D eigenvalue weighted by Crippen LogP contribution is -2.49. The summed E-state index contributed by atoms with van der Waals surface area (Å²) in [6.45, 7) is 0.818. The highest BCUT2D eigenvalue weighted by Crippen LogP contribution is 2.23. The third kappa shape index (κ3) is 4.99. The largest absolute Gasteiger partial charge is 0.380 e. The molecule has 0 bridgehead atoms. The Morgan fingerprint density at radius 2 is 1.65 bits per heavy atom. The van der Waals surface area contributed by atoms with Crippen LogP contribution >= 0.6 is 11.3 Å². The molecule has 2 unspecified atom stereocenters. The summed E-state index contributed by atoms with van der Waals surface area (Å²) < 4.78 is 0. The Bertz CT molecular complexity index is 1040. The van der Waals surface area contributed by atoms with Gasteiger partial charge in [-0.1, -0.05) is 54.6 Å². The number of fused-ring (bicyclic) bond motifs is 1. The van der Waals surface area contributed by atoms with E-state index in [9.17, 15) is 19.8 Å². The van der Waals surface area contributed by atoms with Crippen molar-refractivity contribution in [2.45, 2.75) is 38.3 Å². The van der Waals surface area contributed by atoms with Crippen molar-refractivity contribution in [2.24, 2.45) is 0 Å². The van der Waals surface area contributed by atoms with E-state index < -0.39 is 24.0 Å². The Hall–Kier alpha value is -3.07. The number of nitrogens with zero attached hydrogens (tertiary/aromatic N) is 2. The predicted octanol–water partition coefficient (Wildman–Crippen LogP) is 1.61. The van der Waals surface area contributed by atoms with Crippen molar-refractivity contribution >= 4 is 23.2 Å². The van der Waals surface area contributed by atoms with Crippen LogP contribution in [-0.4, -0.2) is 44.1 Å². The molecule has 160 valence electrons. The number of thiazole rings is 1. The first-order chi connectivity index (χ1) is 15.0. The summed E-state index contributed by atoms with van der Waals surface area (Å²) in [6, 6.07) is 17.5. The van der Waals surface area contributed by atoms with Crippen molar-refractivity contribution < 1.29 is 19.8 Å². The van der Waals surface area contributed by atoms with Gasteiger partial charge in [-0.3, -0.25) is 9.59 Å². The SMILES string of the molecule is O=C(NCc1nc(Cc2ccccc2)cs1)C(O)C(O)C(=O)N1Cc2ccccc2C1. The number of carbonyl (C=O) groups excluding carboxylic acids is 2. The second-order valence-electron chi connectivity index (χ2n) is 7.47. The van der Waals surface area contributed by atoms with E-state index in [1.54, 1.807) is 0 Å². The van der Waals surface area contributed by atoms with E-state index in [1.165, 1.54) is 16.2 Å². The van der Waals surface area contributed by atoms with Gasteiger partial charge in [-0.2, -0.15) is 0 Å². The van der Waals surface area contributed by atoms with Gasteiger partial charge in [0.25, 0.3) is 11.8 Å². The van der Waals surface area contributed by atoms with Gasteiger partial charge in [0.15, 0.2) is 12.2 Å². The topological polar surface area (TPSA) is 103 Å². The lowest BCUT2D eigenvalue weighted by molar-refractivity contribution is -0.153. The van der Waals surface area contributed by atoms with Gasteiger partial charge in [0.05, 0.1) is 12.2 Å². The number of aromatic nitrogens is 1. The number of rotatable bonds is 7. The highest BCUT2D eigenvalue weighted by Gasteiger charge is 2.35. The van der Waals surface area contributed by atoms with Gasteiger partial charge >= 0.3 is 0 Å². The van der Waals surface area contributed by atoms with Gasteiger partial charge in [-0.15, -0.1) is 11.3 Å². The molecule has 7 nitrogen and oxygen atoms in total. The predicted molar refractivity (Wildman–Crippen MR) is 116 cm³/mol. The molecule has 3 aromatic rings. The number of nitrogens with one attached hydrogen (secondary N) is 1. The van der Waals surface area contributed by atoms with Crippen molar-refractivity contribution in [3.05, 3.63) is 87.4 Å². The van der Waals surface area contributed by atoms with Crippen molar-refractivity contribution in [1.82, 2.24) is 15.2 Å². The van der Waals surface area contributed by atoms with E-state index in [-0.39, 0.29) is 6.54 Å². The summed E-state index contributed by atoms with van der Waals surface area (Å²) in [5, 5.41) is 25.6. The monoisotopic (exact) mass is 437 g/mol. The van der Waals surface area contributed by atoms with E-state index in [4.69, 9.17) is 0 Å². The maximum absolute atomic E-state index is 12.5. The number of aliphatic hydroxyl groups excluding tert-OH is 2. The van der Waals surface area contributed by atoms with Gasteiger partial charge in [0.1, 0.15) is 5.01 Å². The molecule has 0 saturated heterocycles. The van der Waals surface area contributed by atoms with Crippen molar-refractivity contribution in [2.75, 3.05) is 0 Å². The Labute approximate surface area is 184 Å². The lowest BCUT2D eigenvalue weighted by Gasteiger charge is -2.22. The van der Waals surface area contributed by atoms with Crippen LogP contribution in [0.2, 0.25) is 0 Å². The number of aliphatic hydroxyl groups is 2. The first-order valence-corrected chi connectivity index (χ1v) is 10.9. The van der Waals surface area contributed by atoms with E-state index in [0.29, 0.717) is 24.5 Å². The summed E-state index contributed by atoms with van der Waals surface area (Å²) in [4.78, 5) is 30.7. The van der Waals surface area contributed by atoms with E-state index in [0.717, 1.165) is 22.4 Å². The maximum atomic E-state index is 12.5. The third-order valence-electron chi connectivity index (χ3n) is 5.21. The van der Waals surface area contributed by atoms with Crippen LogP contribution in [0.1, 0.15) is 27.4 Å². The molecule has 8 heteroatoms. The molecule has 1 aromatic heterocycles. The molecule has 2 atom stereocenters. The van der Waals surface area contributed by atoms with Crippen molar-refractivity contribution in [3.63, 3.8) is 0 Å². The summed E-state index contributed by atoms with van der Waals surface area (Å²) in [7, 11) is 0. The van der Waals surface area contributed by atoms with Crippen LogP contribution in [0.3, 0.4) is 0 Å². The zero-order valence-corrected chi connectivity index (χ0v) is 17.6. The highest BCUT2D eigenvalue weighted by atomic mass is 32.1. The minimum atomic E-state index is -1.85. The van der Waals surface area contributed by atoms with E-state index in [2.05, 4.69) is 10.3 Å². The summed E-state index contributed by atoms with van der Waals surface area (Å²) >= 11 is 1.41. The zero-order chi connectivity index (χ0) is 21.8. The lowest BCUT2D eigenvalue weighted by atomic mass is 10.1. The molecular weight excluding hydrogens is 414 g/mol. The minimum Gasteiger partial charge on any atom is -0.380 e. The third-order valence-corrected chi connectivity index (χ3v) is 6.11. The normalized spacial score (nSPS) is 14.7. The van der Waals surface area contributed by atoms with Gasteiger partial charge in [-0.05, 0) is 16.7 Å². The summed E-state index contributed by atoms with van der Waals surface area (Å²) in [5.74, 6) is -1.48. The maximum Gasteiger partial charge on any atom is 0.255 e. The second kappa shape index (κ2) is 9.38. The van der Waals surface area contributed by atoms with Crippen LogP contribution in [0.5, 0.6) is 0 Å². The fourth-order valence-electron chi connectivity index (χ4n) is 3.54. The van der Waals surface area contributed by atoms with Crippen LogP contribution in [0.25, 0.3) is 0 Å². The molecule has 4 rings (SSSR count). The van der Waals surface area contributed by atoms with E-state index in [1.807, 2.05) is 60.0 Å². The first kappa shape index (κ1) is 21.2. The zero-order valence-electron chi connectivity index (χ0n) is 16.8. The van der Waals surface area contributed by atoms with Gasteiger partial charge in [0, 0.05) is 24.9 Å². The molecule has 2 heterocycles. The fourth-order valence-corrected chi connectivity index (χ4v) is 4.27. The van der Waals surface area contributed by atoms with Crippen LogP contribution in [0.4, 0.5) is 0 Å². The van der Waals surface area contributed by atoms with Crippen LogP contribution < -0.4 is 5.32 Å². The molecule has 0 spiro atoms. The number of hydrogen-bond donors (Lipinski definition) is 3. The summed E-state index contributed by atoms with van der Waals surface area (Å²) in [5.41, 5.74) is 4.03. The van der Waals surface area contributed by atoms with Gasteiger partial charge < -0.3 is 20.4 Å². The number of benzene rings is 2. The number of amides is 2. The van der Waals surface area contributed by atoms with Gasteiger partial charge in [-0.25, -0.2) is 4.98 Å². The number of carbonyl (C=O) groups is 2. The Morgan fingerprint density at radius 1 is 1.00 bits per heavy atom.